The molecule has 0 aliphatic carbocycles. The first-order valence-corrected chi connectivity index (χ1v) is 3.83. The molecule has 0 heterocycles. The number of aliphatic hydroxyl groups is 1. The predicted molar refractivity (Wildman–Crippen MR) is 42.3 cm³/mol. The van der Waals surface area contributed by atoms with E-state index in [9.17, 15) is 4.79 Å². The van der Waals surface area contributed by atoms with E-state index in [0.717, 1.165) is 0 Å². The topological polar surface area (TPSA) is 46.5 Å². The van der Waals surface area contributed by atoms with Crippen molar-refractivity contribution >= 4 is 5.78 Å². The van der Waals surface area contributed by atoms with E-state index in [1.165, 1.54) is 7.11 Å². The molecule has 0 aliphatic rings. The summed E-state index contributed by atoms with van der Waals surface area (Å²) in [5.74, 6) is -0.0686. The maximum Gasteiger partial charge on any atom is 0.138 e. The molecule has 0 rings (SSSR count). The minimum Gasteiger partial charge on any atom is -0.394 e. The molecule has 0 bridgehead atoms. The Morgan fingerprint density at radius 3 is 2.45 bits per heavy atom. The maximum atomic E-state index is 11.1. The van der Waals surface area contributed by atoms with E-state index in [2.05, 4.69) is 0 Å². The standard InChI is InChI=1S/C8H16O3/c1-4-7(10)6(2)8(5-9)11-3/h6,8-9H,4-5H2,1-3H3. The first-order valence-electron chi connectivity index (χ1n) is 3.83. The van der Waals surface area contributed by atoms with Crippen LogP contribution in [0.25, 0.3) is 0 Å². The summed E-state index contributed by atoms with van der Waals surface area (Å²) in [6.45, 7) is 3.49. The number of hydrogen-bond acceptors (Lipinski definition) is 3. The Morgan fingerprint density at radius 1 is 1.64 bits per heavy atom. The third-order valence-corrected chi connectivity index (χ3v) is 1.90. The fourth-order valence-corrected chi connectivity index (χ4v) is 0.966. The Hall–Kier alpha value is -0.410. The van der Waals surface area contributed by atoms with E-state index in [1.54, 1.807) is 6.92 Å². The summed E-state index contributed by atoms with van der Waals surface area (Å²) in [5.41, 5.74) is 0. The maximum absolute atomic E-state index is 11.1. The molecule has 0 radical (unpaired) electrons. The Bertz CT molecular complexity index is 119. The van der Waals surface area contributed by atoms with Crippen LogP contribution in [0.4, 0.5) is 0 Å². The van der Waals surface area contributed by atoms with Gasteiger partial charge in [-0.2, -0.15) is 0 Å². The van der Waals surface area contributed by atoms with Gasteiger partial charge in [0.1, 0.15) is 5.78 Å². The Balaban J connectivity index is 3.97. The van der Waals surface area contributed by atoms with E-state index in [0.29, 0.717) is 6.42 Å². The molecule has 0 fully saturated rings. The second-order valence-electron chi connectivity index (χ2n) is 2.57. The zero-order chi connectivity index (χ0) is 8.85. The second-order valence-corrected chi connectivity index (χ2v) is 2.57. The Kier molecular flexibility index (Phi) is 5.07. The molecule has 0 saturated carbocycles. The lowest BCUT2D eigenvalue weighted by Crippen LogP contribution is -2.30. The molecule has 0 spiro atoms. The highest BCUT2D eigenvalue weighted by Gasteiger charge is 2.21. The van der Waals surface area contributed by atoms with Gasteiger partial charge in [-0.25, -0.2) is 0 Å². The predicted octanol–water partition coefficient (Wildman–Crippen LogP) is 0.609. The monoisotopic (exact) mass is 160 g/mol. The number of hydrogen-bond donors (Lipinski definition) is 1. The average Bonchev–Trinajstić information content (AvgIpc) is 2.05. The quantitative estimate of drug-likeness (QED) is 0.641. The highest BCUT2D eigenvalue weighted by Crippen LogP contribution is 2.08. The van der Waals surface area contributed by atoms with Crippen molar-refractivity contribution in [3.63, 3.8) is 0 Å². The molecule has 0 aliphatic heterocycles. The van der Waals surface area contributed by atoms with Gasteiger partial charge in [-0.3, -0.25) is 4.79 Å². The van der Waals surface area contributed by atoms with Crippen LogP contribution in [0.2, 0.25) is 0 Å². The Morgan fingerprint density at radius 2 is 2.18 bits per heavy atom. The third kappa shape index (κ3) is 2.99. The number of carbonyl (C=O) groups excluding carboxylic acids is 1. The van der Waals surface area contributed by atoms with Crippen molar-refractivity contribution in [1.29, 1.82) is 0 Å². The number of carbonyl (C=O) groups is 1. The largest absolute Gasteiger partial charge is 0.394 e. The van der Waals surface area contributed by atoms with Crippen molar-refractivity contribution in [3.05, 3.63) is 0 Å². The highest BCUT2D eigenvalue weighted by molar-refractivity contribution is 5.80. The van der Waals surface area contributed by atoms with Gasteiger partial charge in [-0.05, 0) is 0 Å². The van der Waals surface area contributed by atoms with Crippen molar-refractivity contribution in [2.45, 2.75) is 26.4 Å². The van der Waals surface area contributed by atoms with E-state index >= 15 is 0 Å². The summed E-state index contributed by atoms with van der Waals surface area (Å²) in [6.07, 6.45) is 0.156. The molecule has 3 heteroatoms. The third-order valence-electron chi connectivity index (χ3n) is 1.90. The van der Waals surface area contributed by atoms with Gasteiger partial charge in [0, 0.05) is 19.4 Å². The molecule has 11 heavy (non-hydrogen) atoms. The van der Waals surface area contributed by atoms with Crippen LogP contribution in [0.1, 0.15) is 20.3 Å². The summed E-state index contributed by atoms with van der Waals surface area (Å²) >= 11 is 0. The Labute approximate surface area is 67.4 Å². The van der Waals surface area contributed by atoms with Crippen LogP contribution in [-0.4, -0.2) is 30.7 Å². The molecule has 3 nitrogen and oxygen atoms in total. The van der Waals surface area contributed by atoms with Crippen LogP contribution >= 0.6 is 0 Å². The molecule has 66 valence electrons. The second kappa shape index (κ2) is 5.27. The lowest BCUT2D eigenvalue weighted by atomic mass is 9.98. The van der Waals surface area contributed by atoms with Crippen molar-refractivity contribution in [2.24, 2.45) is 5.92 Å². The minimum absolute atomic E-state index is 0.0938. The lowest BCUT2D eigenvalue weighted by molar-refractivity contribution is -0.127. The van der Waals surface area contributed by atoms with E-state index in [4.69, 9.17) is 9.84 Å². The fraction of sp³-hybridized carbons (Fsp3) is 0.875. The summed E-state index contributed by atoms with van der Waals surface area (Å²) < 4.78 is 4.91. The fourth-order valence-electron chi connectivity index (χ4n) is 0.966. The number of ketones is 1. The van der Waals surface area contributed by atoms with Gasteiger partial charge in [0.15, 0.2) is 0 Å². The van der Waals surface area contributed by atoms with Gasteiger partial charge in [-0.1, -0.05) is 13.8 Å². The van der Waals surface area contributed by atoms with Crippen LogP contribution in [0.15, 0.2) is 0 Å². The molecule has 2 unspecified atom stereocenters. The molecule has 0 amide bonds. The van der Waals surface area contributed by atoms with E-state index in [1.807, 2.05) is 6.92 Å². The number of methoxy groups -OCH3 is 1. The van der Waals surface area contributed by atoms with Gasteiger partial charge in [0.25, 0.3) is 0 Å². The van der Waals surface area contributed by atoms with Crippen molar-refractivity contribution in [1.82, 2.24) is 0 Å². The molecule has 1 N–H and O–H groups in total. The van der Waals surface area contributed by atoms with Crippen LogP contribution in [0.3, 0.4) is 0 Å². The van der Waals surface area contributed by atoms with Gasteiger partial charge in [-0.15, -0.1) is 0 Å². The number of rotatable bonds is 5. The van der Waals surface area contributed by atoms with E-state index in [-0.39, 0.29) is 24.4 Å². The van der Waals surface area contributed by atoms with Gasteiger partial charge >= 0.3 is 0 Å². The van der Waals surface area contributed by atoms with Crippen molar-refractivity contribution < 1.29 is 14.6 Å². The summed E-state index contributed by atoms with van der Waals surface area (Å²) in [4.78, 5) is 11.1. The van der Waals surface area contributed by atoms with Crippen LogP contribution < -0.4 is 0 Å². The van der Waals surface area contributed by atoms with Crippen LogP contribution in [0, 0.1) is 5.92 Å². The molecule has 0 aromatic heterocycles. The first-order chi connectivity index (χ1) is 5.17. The SMILES string of the molecule is CCC(=O)C(C)C(CO)OC. The minimum atomic E-state index is -0.345. The highest BCUT2D eigenvalue weighted by atomic mass is 16.5. The summed E-state index contributed by atoms with van der Waals surface area (Å²) in [7, 11) is 1.50. The number of Topliss-reactive ketones (excluding diaryl/α,β-unsaturated/α-hetero) is 1. The van der Waals surface area contributed by atoms with Crippen LogP contribution in [-0.2, 0) is 9.53 Å². The molecule has 0 aromatic rings. The van der Waals surface area contributed by atoms with Crippen LogP contribution in [0.5, 0.6) is 0 Å². The van der Waals surface area contributed by atoms with Gasteiger partial charge < -0.3 is 9.84 Å². The first kappa shape index (κ1) is 10.6. The zero-order valence-electron chi connectivity index (χ0n) is 7.33. The van der Waals surface area contributed by atoms with Crippen molar-refractivity contribution in [3.8, 4) is 0 Å². The zero-order valence-corrected chi connectivity index (χ0v) is 7.33. The van der Waals surface area contributed by atoms with Gasteiger partial charge in [0.05, 0.1) is 12.7 Å². The van der Waals surface area contributed by atoms with Gasteiger partial charge in [0.2, 0.25) is 0 Å². The molecule has 2 atom stereocenters. The average molecular weight is 160 g/mol. The number of ether oxygens (including phenoxy) is 1. The summed E-state index contributed by atoms with van der Waals surface area (Å²) in [5, 5.41) is 8.76. The molecule has 0 saturated heterocycles. The molecule has 0 aromatic carbocycles. The smallest absolute Gasteiger partial charge is 0.138 e. The van der Waals surface area contributed by atoms with Crippen molar-refractivity contribution in [2.75, 3.05) is 13.7 Å². The summed E-state index contributed by atoms with van der Waals surface area (Å²) in [6, 6.07) is 0. The van der Waals surface area contributed by atoms with E-state index < -0.39 is 0 Å². The molecular formula is C8H16O3. The normalized spacial score (nSPS) is 16.0. The molecular weight excluding hydrogens is 144 g/mol. The number of aliphatic hydroxyl groups excluding tert-OH is 1. The lowest BCUT2D eigenvalue weighted by Gasteiger charge is -2.18.